The Hall–Kier alpha value is -1.54. The van der Waals surface area contributed by atoms with E-state index < -0.39 is 24.2 Å². The molecule has 1 heterocycles. The average molecular weight is 281 g/mol. The maximum Gasteiger partial charge on any atom is 0.491 e. The molecule has 1 aliphatic carbocycles. The largest absolute Gasteiger partial charge is 0.491 e. The van der Waals surface area contributed by atoms with E-state index in [0.717, 1.165) is 38.2 Å². The summed E-state index contributed by atoms with van der Waals surface area (Å²) in [6.45, 7) is 0. The summed E-state index contributed by atoms with van der Waals surface area (Å²) in [5.41, 5.74) is -0.387. The molecule has 0 saturated heterocycles. The van der Waals surface area contributed by atoms with Crippen LogP contribution in [0.2, 0.25) is 0 Å². The van der Waals surface area contributed by atoms with E-state index in [1.807, 2.05) is 0 Å². The molecule has 1 saturated carbocycles. The van der Waals surface area contributed by atoms with Crippen molar-refractivity contribution in [2.24, 2.45) is 0 Å². The van der Waals surface area contributed by atoms with Crippen molar-refractivity contribution in [3.8, 4) is 0 Å². The van der Waals surface area contributed by atoms with Crippen molar-refractivity contribution in [1.82, 2.24) is 15.0 Å². The van der Waals surface area contributed by atoms with Gasteiger partial charge in [-0.15, -0.1) is 5.10 Å². The van der Waals surface area contributed by atoms with Crippen LogP contribution in [0, 0.1) is 11.6 Å². The van der Waals surface area contributed by atoms with Gasteiger partial charge in [-0.2, -0.15) is 0 Å². The third-order valence-corrected chi connectivity index (χ3v) is 3.87. The van der Waals surface area contributed by atoms with Crippen LogP contribution in [-0.2, 0) is 0 Å². The minimum atomic E-state index is -2.08. The maximum atomic E-state index is 14.2. The summed E-state index contributed by atoms with van der Waals surface area (Å²) >= 11 is 0. The molecule has 20 heavy (non-hydrogen) atoms. The van der Waals surface area contributed by atoms with Crippen molar-refractivity contribution in [2.45, 2.75) is 38.1 Å². The predicted molar refractivity (Wildman–Crippen MR) is 69.4 cm³/mol. The van der Waals surface area contributed by atoms with Gasteiger partial charge in [-0.25, -0.2) is 13.5 Å². The second-order valence-corrected chi connectivity index (χ2v) is 5.16. The number of nitrogens with zero attached hydrogens (tertiary/aromatic N) is 3. The summed E-state index contributed by atoms with van der Waals surface area (Å²) in [5.74, 6) is -2.38. The van der Waals surface area contributed by atoms with Crippen molar-refractivity contribution >= 4 is 23.6 Å². The number of benzene rings is 1. The molecule has 106 valence electrons. The van der Waals surface area contributed by atoms with E-state index in [0.29, 0.717) is 0 Å². The Bertz CT molecular complexity index is 641. The second-order valence-electron chi connectivity index (χ2n) is 5.16. The molecule has 2 aromatic rings. The van der Waals surface area contributed by atoms with E-state index >= 15 is 0 Å². The zero-order valence-corrected chi connectivity index (χ0v) is 10.8. The molecule has 0 radical (unpaired) electrons. The van der Waals surface area contributed by atoms with Gasteiger partial charge in [0.2, 0.25) is 0 Å². The van der Waals surface area contributed by atoms with Crippen LogP contribution in [-0.4, -0.2) is 32.2 Å². The Kier molecular flexibility index (Phi) is 3.43. The average Bonchev–Trinajstić information content (AvgIpc) is 2.87. The second kappa shape index (κ2) is 5.10. The Morgan fingerprint density at radius 3 is 2.50 bits per heavy atom. The third-order valence-electron chi connectivity index (χ3n) is 3.87. The number of hydrogen-bond donors (Lipinski definition) is 2. The van der Waals surface area contributed by atoms with Crippen LogP contribution in [0.1, 0.15) is 38.1 Å². The molecule has 3 rings (SSSR count). The van der Waals surface area contributed by atoms with E-state index in [4.69, 9.17) is 10.0 Å². The first-order valence-electron chi connectivity index (χ1n) is 6.68. The summed E-state index contributed by atoms with van der Waals surface area (Å²) in [5, 5.41) is 25.8. The molecule has 0 unspecified atom stereocenters. The van der Waals surface area contributed by atoms with E-state index in [9.17, 15) is 8.78 Å². The van der Waals surface area contributed by atoms with Crippen LogP contribution in [0.25, 0.3) is 11.0 Å². The van der Waals surface area contributed by atoms with Crippen molar-refractivity contribution in [1.29, 1.82) is 0 Å². The lowest BCUT2D eigenvalue weighted by Crippen LogP contribution is -2.33. The fraction of sp³-hybridized carbons (Fsp3) is 0.500. The van der Waals surface area contributed by atoms with Crippen molar-refractivity contribution in [3.05, 3.63) is 17.7 Å². The first kappa shape index (κ1) is 13.4. The molecule has 0 bridgehead atoms. The first-order chi connectivity index (χ1) is 9.59. The minimum Gasteiger partial charge on any atom is -0.423 e. The molecule has 5 nitrogen and oxygen atoms in total. The summed E-state index contributed by atoms with van der Waals surface area (Å²) in [4.78, 5) is 0. The van der Waals surface area contributed by atoms with Crippen LogP contribution in [0.15, 0.2) is 6.07 Å². The van der Waals surface area contributed by atoms with E-state index in [1.54, 1.807) is 0 Å². The lowest BCUT2D eigenvalue weighted by molar-refractivity contribution is 0.329. The van der Waals surface area contributed by atoms with Crippen molar-refractivity contribution in [3.63, 3.8) is 0 Å². The van der Waals surface area contributed by atoms with E-state index in [-0.39, 0.29) is 17.1 Å². The highest BCUT2D eigenvalue weighted by Gasteiger charge is 2.27. The molecular weight excluding hydrogens is 267 g/mol. The Morgan fingerprint density at radius 1 is 1.15 bits per heavy atom. The van der Waals surface area contributed by atoms with Gasteiger partial charge in [0.25, 0.3) is 0 Å². The number of rotatable bonds is 2. The Morgan fingerprint density at radius 2 is 1.85 bits per heavy atom. The lowest BCUT2D eigenvalue weighted by atomic mass is 9.79. The maximum absolute atomic E-state index is 14.2. The highest BCUT2D eigenvalue weighted by Crippen LogP contribution is 2.30. The monoisotopic (exact) mass is 281 g/mol. The van der Waals surface area contributed by atoms with Crippen LogP contribution < -0.4 is 5.46 Å². The SMILES string of the molecule is OB(O)c1cc2nnn(C3CCCCC3)c2c(F)c1F. The molecule has 0 spiro atoms. The van der Waals surface area contributed by atoms with Gasteiger partial charge in [0.1, 0.15) is 11.0 Å². The number of hydrogen-bond acceptors (Lipinski definition) is 4. The number of aromatic nitrogens is 3. The summed E-state index contributed by atoms with van der Waals surface area (Å²) in [6, 6.07) is 1.15. The smallest absolute Gasteiger partial charge is 0.423 e. The van der Waals surface area contributed by atoms with Gasteiger partial charge in [0, 0.05) is 5.46 Å². The van der Waals surface area contributed by atoms with Gasteiger partial charge in [-0.05, 0) is 18.9 Å². The highest BCUT2D eigenvalue weighted by atomic mass is 19.2. The van der Waals surface area contributed by atoms with Crippen molar-refractivity contribution in [2.75, 3.05) is 0 Å². The third kappa shape index (κ3) is 2.08. The van der Waals surface area contributed by atoms with Crippen LogP contribution >= 0.6 is 0 Å². The molecule has 1 fully saturated rings. The van der Waals surface area contributed by atoms with Crippen LogP contribution in [0.4, 0.5) is 8.78 Å². The van der Waals surface area contributed by atoms with Gasteiger partial charge in [0.05, 0.1) is 6.04 Å². The molecule has 0 atom stereocenters. The summed E-state index contributed by atoms with van der Waals surface area (Å²) < 4.78 is 29.4. The van der Waals surface area contributed by atoms with Crippen molar-refractivity contribution < 1.29 is 18.8 Å². The van der Waals surface area contributed by atoms with E-state index in [2.05, 4.69) is 10.3 Å². The molecule has 1 aromatic heterocycles. The molecule has 0 aliphatic heterocycles. The van der Waals surface area contributed by atoms with Crippen LogP contribution in [0.3, 0.4) is 0 Å². The van der Waals surface area contributed by atoms with Gasteiger partial charge in [-0.1, -0.05) is 24.5 Å². The predicted octanol–water partition coefficient (Wildman–Crippen LogP) is 0.894. The fourth-order valence-corrected chi connectivity index (χ4v) is 2.83. The Labute approximate surface area is 114 Å². The highest BCUT2D eigenvalue weighted by molar-refractivity contribution is 6.59. The van der Waals surface area contributed by atoms with Crippen LogP contribution in [0.5, 0.6) is 0 Å². The topological polar surface area (TPSA) is 71.2 Å². The molecular formula is C12H14BF2N3O2. The molecule has 1 aromatic carbocycles. The zero-order valence-electron chi connectivity index (χ0n) is 10.8. The van der Waals surface area contributed by atoms with E-state index in [1.165, 1.54) is 4.68 Å². The van der Waals surface area contributed by atoms with Gasteiger partial charge in [0.15, 0.2) is 11.6 Å². The standard InChI is InChI=1S/C12H14BF2N3O2/c14-10-8(13(19)20)6-9-12(11(10)15)18(17-16-9)7-4-2-1-3-5-7/h6-7,19-20H,1-5H2. The number of halogens is 2. The summed E-state index contributed by atoms with van der Waals surface area (Å²) in [6.07, 6.45) is 4.93. The lowest BCUT2D eigenvalue weighted by Gasteiger charge is -2.22. The van der Waals surface area contributed by atoms with Gasteiger partial charge >= 0.3 is 7.12 Å². The normalized spacial score (nSPS) is 16.8. The van der Waals surface area contributed by atoms with Gasteiger partial charge in [-0.3, -0.25) is 0 Å². The first-order valence-corrected chi connectivity index (χ1v) is 6.68. The summed E-state index contributed by atoms with van der Waals surface area (Å²) in [7, 11) is -2.08. The fourth-order valence-electron chi connectivity index (χ4n) is 2.83. The minimum absolute atomic E-state index is 0.00111. The molecule has 1 aliphatic rings. The molecule has 8 heteroatoms. The van der Waals surface area contributed by atoms with Gasteiger partial charge < -0.3 is 10.0 Å². The molecule has 2 N–H and O–H groups in total. The Balaban J connectivity index is 2.14. The quantitative estimate of drug-likeness (QED) is 0.802. The molecule has 0 amide bonds. The zero-order chi connectivity index (χ0) is 14.3. The number of fused-ring (bicyclic) bond motifs is 1.